The molecule has 0 saturated heterocycles. The lowest BCUT2D eigenvalue weighted by molar-refractivity contribution is -0.107. The van der Waals surface area contributed by atoms with Crippen molar-refractivity contribution in [1.82, 2.24) is 0 Å². The number of anilines is 1. The second-order valence-corrected chi connectivity index (χ2v) is 4.42. The number of esters is 1. The number of unbranched alkanes of at least 4 members (excludes halogenated alkanes) is 2. The monoisotopic (exact) mass is 297 g/mol. The van der Waals surface area contributed by atoms with Crippen molar-refractivity contribution >= 4 is 17.9 Å². The van der Waals surface area contributed by atoms with E-state index in [4.69, 9.17) is 0 Å². The molecule has 1 aromatic carbocycles. The third-order valence-electron chi connectivity index (χ3n) is 2.64. The van der Waals surface area contributed by atoms with Gasteiger partial charge in [0.1, 0.15) is 12.1 Å². The molecule has 21 heavy (non-hydrogen) atoms. The first kappa shape index (κ1) is 19.1. The quantitative estimate of drug-likeness (QED) is 0.472. The second-order valence-electron chi connectivity index (χ2n) is 4.42. The molecule has 0 bridgehead atoms. The largest absolute Gasteiger partial charge is 0.465 e. The third kappa shape index (κ3) is 8.07. The molecular weight excluding hydrogens is 273 g/mol. The molecule has 0 aromatic heterocycles. The first-order chi connectivity index (χ1) is 10.1. The molecule has 0 aliphatic heterocycles. The summed E-state index contributed by atoms with van der Waals surface area (Å²) in [5.74, 6) is -0.972. The van der Waals surface area contributed by atoms with E-state index in [0.717, 1.165) is 32.1 Å². The number of rotatable bonds is 7. The molecule has 0 aliphatic rings. The van der Waals surface area contributed by atoms with E-state index in [0.29, 0.717) is 12.1 Å². The van der Waals surface area contributed by atoms with Crippen molar-refractivity contribution in [1.29, 1.82) is 0 Å². The third-order valence-corrected chi connectivity index (χ3v) is 2.64. The number of ether oxygens (including phenoxy) is 1. The number of nitrogens with one attached hydrogen (secondary N) is 1. The molecule has 118 valence electrons. The molecule has 0 fully saturated rings. The van der Waals surface area contributed by atoms with Crippen LogP contribution in [0.1, 0.15) is 49.9 Å². The average molecular weight is 297 g/mol. The average Bonchev–Trinajstić information content (AvgIpc) is 2.49. The first-order valence-electron chi connectivity index (χ1n) is 7.16. The predicted octanol–water partition coefficient (Wildman–Crippen LogP) is 3.81. The van der Waals surface area contributed by atoms with Crippen molar-refractivity contribution in [2.45, 2.75) is 39.5 Å². The van der Waals surface area contributed by atoms with Gasteiger partial charge in [0.25, 0.3) is 0 Å². The number of methoxy groups -OCH3 is 1. The molecule has 0 radical (unpaired) electrons. The lowest BCUT2D eigenvalue weighted by atomic mass is 10.1. The van der Waals surface area contributed by atoms with E-state index >= 15 is 0 Å². The normalized spacial score (nSPS) is 9.33. The number of carbonyl (C=O) groups is 2. The van der Waals surface area contributed by atoms with Crippen LogP contribution in [0.4, 0.5) is 10.1 Å². The Bertz CT molecular complexity index is 436. The Morgan fingerprint density at radius 1 is 1.33 bits per heavy atom. The molecule has 0 spiro atoms. The molecule has 1 aromatic rings. The van der Waals surface area contributed by atoms with Gasteiger partial charge < -0.3 is 14.8 Å². The van der Waals surface area contributed by atoms with Gasteiger partial charge in [-0.25, -0.2) is 9.18 Å². The Hall–Kier alpha value is -1.91. The van der Waals surface area contributed by atoms with Gasteiger partial charge in [-0.3, -0.25) is 0 Å². The minimum Gasteiger partial charge on any atom is -0.465 e. The van der Waals surface area contributed by atoms with E-state index in [9.17, 15) is 14.0 Å². The Labute approximate surface area is 125 Å². The zero-order valence-electron chi connectivity index (χ0n) is 12.9. The maximum atomic E-state index is 13.0. The Morgan fingerprint density at radius 3 is 2.52 bits per heavy atom. The molecule has 0 saturated carbocycles. The van der Waals surface area contributed by atoms with Crippen molar-refractivity contribution < 1.29 is 18.7 Å². The predicted molar refractivity (Wildman–Crippen MR) is 82.1 cm³/mol. The van der Waals surface area contributed by atoms with Crippen LogP contribution in [0.3, 0.4) is 0 Å². The zero-order chi connectivity index (χ0) is 16.1. The van der Waals surface area contributed by atoms with Gasteiger partial charge in [0.2, 0.25) is 0 Å². The Kier molecular flexibility index (Phi) is 10.8. The second kappa shape index (κ2) is 11.9. The van der Waals surface area contributed by atoms with Crippen molar-refractivity contribution in [2.24, 2.45) is 0 Å². The van der Waals surface area contributed by atoms with Crippen molar-refractivity contribution in [3.05, 3.63) is 29.6 Å². The van der Waals surface area contributed by atoms with Crippen LogP contribution in [0.15, 0.2) is 18.2 Å². The highest BCUT2D eigenvalue weighted by Crippen LogP contribution is 2.18. The van der Waals surface area contributed by atoms with Gasteiger partial charge >= 0.3 is 5.97 Å². The highest BCUT2D eigenvalue weighted by Gasteiger charge is 2.12. The van der Waals surface area contributed by atoms with Crippen LogP contribution < -0.4 is 5.32 Å². The number of benzene rings is 1. The molecule has 0 aliphatic carbocycles. The first-order valence-corrected chi connectivity index (χ1v) is 7.16. The minimum atomic E-state index is -0.529. The molecule has 0 heterocycles. The Morgan fingerprint density at radius 2 is 2.05 bits per heavy atom. The van der Waals surface area contributed by atoms with Crippen LogP contribution in [0.2, 0.25) is 0 Å². The summed E-state index contributed by atoms with van der Waals surface area (Å²) in [5, 5.41) is 3.09. The number of aldehydes is 1. The molecule has 1 rings (SSSR count). The van der Waals surface area contributed by atoms with Crippen molar-refractivity contribution in [2.75, 3.05) is 19.0 Å². The lowest BCUT2D eigenvalue weighted by Crippen LogP contribution is -2.09. The van der Waals surface area contributed by atoms with Gasteiger partial charge in [-0.2, -0.15) is 0 Å². The minimum absolute atomic E-state index is 0.235. The lowest BCUT2D eigenvalue weighted by Gasteiger charge is -2.10. The topological polar surface area (TPSA) is 55.4 Å². The summed E-state index contributed by atoms with van der Waals surface area (Å²) in [6, 6.07) is 4.05. The van der Waals surface area contributed by atoms with Crippen LogP contribution in [0, 0.1) is 5.82 Å². The molecule has 5 heteroatoms. The smallest absolute Gasteiger partial charge is 0.340 e. The van der Waals surface area contributed by atoms with Crippen LogP contribution in [-0.4, -0.2) is 25.9 Å². The standard InChI is InChI=1S/C12H16FNO2.C4H8O/c1-3-4-7-14-11-6-5-9(13)8-10(11)12(15)16-2;1-2-3-4-5/h5-6,8,14H,3-4,7H2,1-2H3;4H,2-3H2,1H3. The maximum Gasteiger partial charge on any atom is 0.340 e. The van der Waals surface area contributed by atoms with Crippen molar-refractivity contribution in [3.8, 4) is 0 Å². The van der Waals surface area contributed by atoms with Crippen LogP contribution in [0.25, 0.3) is 0 Å². The number of hydrogen-bond acceptors (Lipinski definition) is 4. The summed E-state index contributed by atoms with van der Waals surface area (Å²) in [5.41, 5.74) is 0.848. The number of hydrogen-bond donors (Lipinski definition) is 1. The van der Waals surface area contributed by atoms with E-state index in [-0.39, 0.29) is 5.56 Å². The summed E-state index contributed by atoms with van der Waals surface area (Å²) in [7, 11) is 1.28. The van der Waals surface area contributed by atoms with Gasteiger partial charge in [-0.1, -0.05) is 20.3 Å². The van der Waals surface area contributed by atoms with Gasteiger partial charge in [-0.15, -0.1) is 0 Å². The van der Waals surface area contributed by atoms with E-state index < -0.39 is 11.8 Å². The molecule has 0 unspecified atom stereocenters. The van der Waals surface area contributed by atoms with Gasteiger partial charge in [0.05, 0.1) is 12.7 Å². The van der Waals surface area contributed by atoms with Crippen LogP contribution >= 0.6 is 0 Å². The highest BCUT2D eigenvalue weighted by molar-refractivity contribution is 5.95. The highest BCUT2D eigenvalue weighted by atomic mass is 19.1. The van der Waals surface area contributed by atoms with Gasteiger partial charge in [0.15, 0.2) is 0 Å². The molecular formula is C16H24FNO3. The maximum absolute atomic E-state index is 13.0. The van der Waals surface area contributed by atoms with Gasteiger partial charge in [-0.05, 0) is 31.0 Å². The fourth-order valence-corrected chi connectivity index (χ4v) is 1.47. The van der Waals surface area contributed by atoms with Crippen LogP contribution in [-0.2, 0) is 9.53 Å². The summed E-state index contributed by atoms with van der Waals surface area (Å²) in [6.45, 7) is 4.81. The summed E-state index contributed by atoms with van der Waals surface area (Å²) in [4.78, 5) is 20.8. The van der Waals surface area contributed by atoms with Crippen LogP contribution in [0.5, 0.6) is 0 Å². The summed E-state index contributed by atoms with van der Waals surface area (Å²) >= 11 is 0. The summed E-state index contributed by atoms with van der Waals surface area (Å²) in [6.07, 6.45) is 4.67. The molecule has 0 atom stereocenters. The number of halogens is 1. The molecule has 0 amide bonds. The number of carbonyl (C=O) groups excluding carboxylic acids is 2. The van der Waals surface area contributed by atoms with E-state index in [1.165, 1.54) is 19.2 Å². The van der Waals surface area contributed by atoms with E-state index in [1.807, 2.05) is 6.92 Å². The van der Waals surface area contributed by atoms with E-state index in [1.54, 1.807) is 6.07 Å². The molecule has 1 N–H and O–H groups in total. The summed E-state index contributed by atoms with van der Waals surface area (Å²) < 4.78 is 17.6. The van der Waals surface area contributed by atoms with Gasteiger partial charge in [0, 0.05) is 18.7 Å². The van der Waals surface area contributed by atoms with Crippen molar-refractivity contribution in [3.63, 3.8) is 0 Å². The Balaban J connectivity index is 0.000000690. The van der Waals surface area contributed by atoms with E-state index in [2.05, 4.69) is 17.0 Å². The molecule has 4 nitrogen and oxygen atoms in total. The fraction of sp³-hybridized carbons (Fsp3) is 0.500. The fourth-order valence-electron chi connectivity index (χ4n) is 1.47. The SMILES string of the molecule is CCCC=O.CCCCNc1ccc(F)cc1C(=O)OC. The zero-order valence-corrected chi connectivity index (χ0v) is 12.9.